The van der Waals surface area contributed by atoms with Gasteiger partial charge in [0.1, 0.15) is 5.78 Å². The highest BCUT2D eigenvalue weighted by atomic mass is 31.2. The molecule has 0 saturated heterocycles. The molecule has 22 heavy (non-hydrogen) atoms. The third kappa shape index (κ3) is 3.93. The molecule has 0 aliphatic carbocycles. The van der Waals surface area contributed by atoms with Gasteiger partial charge in [-0.05, 0) is 31.5 Å². The molecule has 0 spiro atoms. The van der Waals surface area contributed by atoms with E-state index in [2.05, 4.69) is 0 Å². The molecule has 0 saturated carbocycles. The van der Waals surface area contributed by atoms with Gasteiger partial charge >= 0.3 is 7.60 Å². The van der Waals surface area contributed by atoms with E-state index in [9.17, 15) is 4.57 Å². The first-order valence-corrected chi connectivity index (χ1v) is 8.52. The number of rotatable bonds is 9. The van der Waals surface area contributed by atoms with E-state index in [1.807, 2.05) is 0 Å². The second-order valence-electron chi connectivity index (χ2n) is 4.28. The lowest BCUT2D eigenvalue weighted by Gasteiger charge is -2.24. The van der Waals surface area contributed by atoms with Gasteiger partial charge in [-0.25, -0.2) is 0 Å². The number of hydrogen-bond donors (Lipinski definition) is 1. The molecule has 126 valence electrons. The van der Waals surface area contributed by atoms with Crippen molar-refractivity contribution in [1.82, 2.24) is 0 Å². The van der Waals surface area contributed by atoms with Crippen LogP contribution in [0, 0.1) is 0 Å². The predicted octanol–water partition coefficient (Wildman–Crippen LogP) is 2.94. The Bertz CT molecular complexity index is 501. The molecule has 0 bridgehead atoms. The lowest BCUT2D eigenvalue weighted by Crippen LogP contribution is -2.15. The summed E-state index contributed by atoms with van der Waals surface area (Å²) in [6, 6.07) is 3.27. The molecule has 0 aliphatic rings. The molecule has 0 radical (unpaired) electrons. The van der Waals surface area contributed by atoms with Gasteiger partial charge in [0.25, 0.3) is 0 Å². The van der Waals surface area contributed by atoms with E-state index in [4.69, 9.17) is 29.0 Å². The van der Waals surface area contributed by atoms with Crippen molar-refractivity contribution in [3.8, 4) is 17.2 Å². The molecular weight excluding hydrogens is 309 g/mol. The maximum Gasteiger partial charge on any atom is 0.351 e. The van der Waals surface area contributed by atoms with E-state index in [1.165, 1.54) is 21.3 Å². The zero-order valence-corrected chi connectivity index (χ0v) is 14.5. The summed E-state index contributed by atoms with van der Waals surface area (Å²) in [7, 11) is 1.01. The average molecular weight is 333 g/mol. The fourth-order valence-corrected chi connectivity index (χ4v) is 3.64. The van der Waals surface area contributed by atoms with Crippen molar-refractivity contribution >= 4 is 7.60 Å². The fourth-order valence-electron chi connectivity index (χ4n) is 2.01. The van der Waals surface area contributed by atoms with Crippen LogP contribution < -0.4 is 19.9 Å². The number of benzene rings is 1. The molecule has 0 fully saturated rings. The molecule has 0 aromatic heterocycles. The maximum absolute atomic E-state index is 12.8. The smallest absolute Gasteiger partial charge is 0.351 e. The van der Waals surface area contributed by atoms with Crippen LogP contribution >= 0.6 is 7.60 Å². The normalized spacial score (nSPS) is 12.8. The van der Waals surface area contributed by atoms with Gasteiger partial charge in [-0.1, -0.05) is 0 Å². The second kappa shape index (κ2) is 8.39. The highest BCUT2D eigenvalue weighted by molar-refractivity contribution is 7.54. The minimum atomic E-state index is -3.49. The van der Waals surface area contributed by atoms with Gasteiger partial charge in [0, 0.05) is 0 Å². The van der Waals surface area contributed by atoms with E-state index >= 15 is 0 Å². The largest absolute Gasteiger partial charge is 0.493 e. The molecule has 1 aromatic rings. The summed E-state index contributed by atoms with van der Waals surface area (Å²) in [5, 5.41) is 0. The minimum absolute atomic E-state index is 0.232. The van der Waals surface area contributed by atoms with Crippen LogP contribution in [0.1, 0.15) is 25.2 Å². The molecule has 7 nitrogen and oxygen atoms in total. The van der Waals surface area contributed by atoms with Crippen molar-refractivity contribution < 1.29 is 27.8 Å². The van der Waals surface area contributed by atoms with Crippen LogP contribution in [-0.2, 0) is 13.6 Å². The Morgan fingerprint density at radius 1 is 1.00 bits per heavy atom. The number of ether oxygens (including phenoxy) is 3. The zero-order valence-electron chi connectivity index (χ0n) is 13.6. The summed E-state index contributed by atoms with van der Waals surface area (Å²) < 4.78 is 39.1. The Hall–Kier alpha value is -1.27. The van der Waals surface area contributed by atoms with Crippen LogP contribution in [0.15, 0.2) is 12.1 Å². The zero-order chi connectivity index (χ0) is 16.8. The van der Waals surface area contributed by atoms with Crippen molar-refractivity contribution in [3.05, 3.63) is 17.7 Å². The van der Waals surface area contributed by atoms with Crippen molar-refractivity contribution in [3.63, 3.8) is 0 Å². The van der Waals surface area contributed by atoms with Gasteiger partial charge in [-0.3, -0.25) is 4.57 Å². The maximum atomic E-state index is 12.8. The van der Waals surface area contributed by atoms with Crippen LogP contribution in [-0.4, -0.2) is 34.5 Å². The van der Waals surface area contributed by atoms with Gasteiger partial charge < -0.3 is 29.0 Å². The molecule has 1 atom stereocenters. The van der Waals surface area contributed by atoms with Gasteiger partial charge in [-0.2, -0.15) is 0 Å². The van der Waals surface area contributed by atoms with Crippen LogP contribution in [0.4, 0.5) is 0 Å². The fraction of sp³-hybridized carbons (Fsp3) is 0.571. The van der Waals surface area contributed by atoms with E-state index in [1.54, 1.807) is 26.0 Å². The lowest BCUT2D eigenvalue weighted by atomic mass is 10.2. The van der Waals surface area contributed by atoms with Gasteiger partial charge in [0.2, 0.25) is 5.75 Å². The monoisotopic (exact) mass is 333 g/mol. The molecule has 0 amide bonds. The second-order valence-corrected chi connectivity index (χ2v) is 6.43. The summed E-state index contributed by atoms with van der Waals surface area (Å²) >= 11 is 0. The summed E-state index contributed by atoms with van der Waals surface area (Å²) in [4.78, 5) is 0. The first-order valence-electron chi connectivity index (χ1n) is 6.91. The van der Waals surface area contributed by atoms with Gasteiger partial charge in [0.15, 0.2) is 11.5 Å². The van der Waals surface area contributed by atoms with E-state index in [0.29, 0.717) is 22.8 Å². The molecule has 8 heteroatoms. The quantitative estimate of drug-likeness (QED) is 0.695. The SMILES string of the molecule is CCOP(=O)(OCC)[C@@H](N)c1cc(OC)c(OC)c(OC)c1. The lowest BCUT2D eigenvalue weighted by molar-refractivity contribution is 0.212. The van der Waals surface area contributed by atoms with E-state index in [-0.39, 0.29) is 13.2 Å². The van der Waals surface area contributed by atoms with E-state index in [0.717, 1.165) is 0 Å². The predicted molar refractivity (Wildman–Crippen MR) is 83.9 cm³/mol. The Morgan fingerprint density at radius 3 is 1.77 bits per heavy atom. The Morgan fingerprint density at radius 2 is 1.45 bits per heavy atom. The summed E-state index contributed by atoms with van der Waals surface area (Å²) in [6.07, 6.45) is 0. The number of methoxy groups -OCH3 is 3. The molecule has 1 rings (SSSR count). The molecule has 0 unspecified atom stereocenters. The number of nitrogens with two attached hydrogens (primary N) is 1. The van der Waals surface area contributed by atoms with E-state index < -0.39 is 13.4 Å². The van der Waals surface area contributed by atoms with Crippen LogP contribution in [0.5, 0.6) is 17.2 Å². The van der Waals surface area contributed by atoms with Gasteiger partial charge in [0.05, 0.1) is 34.5 Å². The summed E-state index contributed by atoms with van der Waals surface area (Å²) in [5.74, 6) is 0.323. The molecule has 0 heterocycles. The Kier molecular flexibility index (Phi) is 7.16. The summed E-state index contributed by atoms with van der Waals surface area (Å²) in [6.45, 7) is 3.92. The van der Waals surface area contributed by atoms with Crippen molar-refractivity contribution in [1.29, 1.82) is 0 Å². The first-order chi connectivity index (χ1) is 10.5. The van der Waals surface area contributed by atoms with Crippen molar-refractivity contribution in [2.24, 2.45) is 5.73 Å². The third-order valence-corrected chi connectivity index (χ3v) is 5.20. The Labute approximate surface area is 131 Å². The first kappa shape index (κ1) is 18.8. The van der Waals surface area contributed by atoms with Crippen LogP contribution in [0.3, 0.4) is 0 Å². The average Bonchev–Trinajstić information content (AvgIpc) is 2.52. The van der Waals surface area contributed by atoms with Crippen molar-refractivity contribution in [2.75, 3.05) is 34.5 Å². The van der Waals surface area contributed by atoms with Crippen molar-refractivity contribution in [2.45, 2.75) is 19.6 Å². The Balaban J connectivity index is 3.32. The topological polar surface area (TPSA) is 89.2 Å². The third-order valence-electron chi connectivity index (χ3n) is 2.99. The highest BCUT2D eigenvalue weighted by Crippen LogP contribution is 2.59. The molecule has 2 N–H and O–H groups in total. The minimum Gasteiger partial charge on any atom is -0.493 e. The molecule has 0 aliphatic heterocycles. The number of hydrogen-bond acceptors (Lipinski definition) is 7. The molecular formula is C14H24NO6P. The highest BCUT2D eigenvalue weighted by Gasteiger charge is 2.35. The summed E-state index contributed by atoms with van der Waals surface area (Å²) in [5.41, 5.74) is 6.63. The van der Waals surface area contributed by atoms with Crippen LogP contribution in [0.25, 0.3) is 0 Å². The van der Waals surface area contributed by atoms with Gasteiger partial charge in [-0.15, -0.1) is 0 Å². The standard InChI is InChI=1S/C14H24NO6P/c1-6-20-22(16,21-7-2)14(15)10-8-11(17-3)13(19-5)12(9-10)18-4/h8-9,14H,6-7,15H2,1-5H3/t14-/m1/s1. The van der Waals surface area contributed by atoms with Crippen LogP contribution in [0.2, 0.25) is 0 Å². The molecule has 1 aromatic carbocycles.